The van der Waals surface area contributed by atoms with E-state index >= 15 is 0 Å². The molecule has 0 radical (unpaired) electrons. The number of rotatable bonds is 5. The predicted molar refractivity (Wildman–Crippen MR) is 98.8 cm³/mol. The van der Waals surface area contributed by atoms with Crippen molar-refractivity contribution in [3.63, 3.8) is 0 Å². The molecule has 3 rings (SSSR count). The Morgan fingerprint density at radius 2 is 1.93 bits per heavy atom. The smallest absolute Gasteiger partial charge is 0.358 e. The molecule has 0 aliphatic carbocycles. The number of halogens is 1. The van der Waals surface area contributed by atoms with Crippen molar-refractivity contribution in [3.05, 3.63) is 70.4 Å². The van der Waals surface area contributed by atoms with Gasteiger partial charge in [-0.05, 0) is 24.6 Å². The third-order valence-corrected chi connectivity index (χ3v) is 3.88. The molecule has 0 saturated heterocycles. The summed E-state index contributed by atoms with van der Waals surface area (Å²) in [6, 6.07) is 9.15. The van der Waals surface area contributed by atoms with E-state index in [2.05, 4.69) is 25.1 Å². The summed E-state index contributed by atoms with van der Waals surface area (Å²) in [4.78, 5) is 31.7. The number of nitrogens with one attached hydrogen (secondary N) is 1. The van der Waals surface area contributed by atoms with Gasteiger partial charge in [0, 0.05) is 11.1 Å². The zero-order valence-corrected chi connectivity index (χ0v) is 15.4. The Morgan fingerprint density at radius 1 is 1.19 bits per heavy atom. The van der Waals surface area contributed by atoms with Crippen LogP contribution in [0.4, 0.5) is 5.82 Å². The van der Waals surface area contributed by atoms with Crippen molar-refractivity contribution in [2.45, 2.75) is 13.5 Å². The zero-order chi connectivity index (χ0) is 19.4. The third kappa shape index (κ3) is 4.48. The summed E-state index contributed by atoms with van der Waals surface area (Å²) in [5.74, 6) is -0.577. The molecule has 0 aliphatic rings. The fraction of sp³-hybridized carbons (Fsp3) is 0.167. The SMILES string of the molecule is COC(=O)c1cnc(C(=O)Nc2cc(C)nn2Cc2cccc(Cl)c2)cn1. The van der Waals surface area contributed by atoms with Crippen molar-refractivity contribution in [3.8, 4) is 0 Å². The van der Waals surface area contributed by atoms with Crippen LogP contribution in [-0.2, 0) is 11.3 Å². The topological polar surface area (TPSA) is 99.0 Å². The summed E-state index contributed by atoms with van der Waals surface area (Å²) < 4.78 is 6.21. The van der Waals surface area contributed by atoms with E-state index < -0.39 is 11.9 Å². The second kappa shape index (κ2) is 7.96. The Hall–Kier alpha value is -3.26. The highest BCUT2D eigenvalue weighted by Crippen LogP contribution is 2.16. The van der Waals surface area contributed by atoms with Gasteiger partial charge in [-0.25, -0.2) is 19.4 Å². The number of carbonyl (C=O) groups is 2. The molecule has 3 aromatic rings. The zero-order valence-electron chi connectivity index (χ0n) is 14.6. The maximum Gasteiger partial charge on any atom is 0.358 e. The first-order valence-electron chi connectivity index (χ1n) is 7.97. The molecular weight excluding hydrogens is 370 g/mol. The first-order chi connectivity index (χ1) is 13.0. The van der Waals surface area contributed by atoms with Crippen LogP contribution in [0.1, 0.15) is 32.2 Å². The molecule has 0 atom stereocenters. The lowest BCUT2D eigenvalue weighted by Crippen LogP contribution is -2.18. The molecule has 0 spiro atoms. The van der Waals surface area contributed by atoms with Crippen LogP contribution in [-0.4, -0.2) is 38.7 Å². The van der Waals surface area contributed by atoms with E-state index in [1.165, 1.54) is 19.5 Å². The molecule has 8 nitrogen and oxygen atoms in total. The van der Waals surface area contributed by atoms with E-state index in [0.29, 0.717) is 17.4 Å². The third-order valence-electron chi connectivity index (χ3n) is 3.64. The van der Waals surface area contributed by atoms with Gasteiger partial charge in [0.1, 0.15) is 11.5 Å². The number of hydrogen-bond acceptors (Lipinski definition) is 6. The maximum atomic E-state index is 12.4. The van der Waals surface area contributed by atoms with Gasteiger partial charge in [0.2, 0.25) is 0 Å². The minimum atomic E-state index is -0.621. The quantitative estimate of drug-likeness (QED) is 0.678. The van der Waals surface area contributed by atoms with Crippen LogP contribution in [0.3, 0.4) is 0 Å². The van der Waals surface area contributed by atoms with Crippen molar-refractivity contribution in [2.75, 3.05) is 12.4 Å². The number of esters is 1. The van der Waals surface area contributed by atoms with E-state index in [9.17, 15) is 9.59 Å². The Labute approximate surface area is 160 Å². The van der Waals surface area contributed by atoms with E-state index in [0.717, 1.165) is 11.3 Å². The number of nitrogens with zero attached hydrogens (tertiary/aromatic N) is 4. The minimum Gasteiger partial charge on any atom is -0.464 e. The molecule has 1 aromatic carbocycles. The average Bonchev–Trinajstić information content (AvgIpc) is 3.00. The van der Waals surface area contributed by atoms with Crippen LogP contribution in [0.15, 0.2) is 42.7 Å². The summed E-state index contributed by atoms with van der Waals surface area (Å²) in [6.45, 7) is 2.27. The van der Waals surface area contributed by atoms with Crippen LogP contribution in [0.5, 0.6) is 0 Å². The van der Waals surface area contributed by atoms with Crippen molar-refractivity contribution in [2.24, 2.45) is 0 Å². The van der Waals surface area contributed by atoms with E-state index in [4.69, 9.17) is 11.6 Å². The lowest BCUT2D eigenvalue weighted by molar-refractivity contribution is 0.0593. The van der Waals surface area contributed by atoms with E-state index in [1.807, 2.05) is 25.1 Å². The van der Waals surface area contributed by atoms with Gasteiger partial charge in [-0.15, -0.1) is 0 Å². The van der Waals surface area contributed by atoms with Gasteiger partial charge in [-0.2, -0.15) is 5.10 Å². The first-order valence-corrected chi connectivity index (χ1v) is 8.34. The van der Waals surface area contributed by atoms with Gasteiger partial charge >= 0.3 is 5.97 Å². The number of aryl methyl sites for hydroxylation is 1. The second-order valence-electron chi connectivity index (χ2n) is 5.69. The van der Waals surface area contributed by atoms with Crippen molar-refractivity contribution < 1.29 is 14.3 Å². The number of ether oxygens (including phenoxy) is 1. The van der Waals surface area contributed by atoms with Crippen molar-refractivity contribution in [1.29, 1.82) is 0 Å². The molecule has 2 heterocycles. The highest BCUT2D eigenvalue weighted by atomic mass is 35.5. The van der Waals surface area contributed by atoms with Gasteiger partial charge in [0.15, 0.2) is 5.69 Å². The Balaban J connectivity index is 1.77. The number of hydrogen-bond donors (Lipinski definition) is 1. The van der Waals surface area contributed by atoms with E-state index in [-0.39, 0.29) is 11.4 Å². The predicted octanol–water partition coefficient (Wildman–Crippen LogP) is 2.72. The molecule has 0 fully saturated rings. The number of benzene rings is 1. The molecule has 27 heavy (non-hydrogen) atoms. The monoisotopic (exact) mass is 385 g/mol. The molecule has 1 N–H and O–H groups in total. The lowest BCUT2D eigenvalue weighted by Gasteiger charge is -2.09. The number of aromatic nitrogens is 4. The highest BCUT2D eigenvalue weighted by Gasteiger charge is 2.15. The molecule has 0 unspecified atom stereocenters. The first kappa shape index (κ1) is 18.5. The second-order valence-corrected chi connectivity index (χ2v) is 6.13. The number of anilines is 1. The number of methoxy groups -OCH3 is 1. The van der Waals surface area contributed by atoms with E-state index in [1.54, 1.807) is 16.8 Å². The number of amides is 1. The minimum absolute atomic E-state index is 0.0240. The molecule has 9 heteroatoms. The highest BCUT2D eigenvalue weighted by molar-refractivity contribution is 6.30. The summed E-state index contributed by atoms with van der Waals surface area (Å²) in [5, 5.41) is 7.78. The van der Waals surface area contributed by atoms with Crippen LogP contribution in [0.2, 0.25) is 5.02 Å². The van der Waals surface area contributed by atoms with Crippen LogP contribution >= 0.6 is 11.6 Å². The molecular formula is C18H16ClN5O3. The molecule has 1 amide bonds. The van der Waals surface area contributed by atoms with Gasteiger partial charge in [0.05, 0.1) is 31.7 Å². The summed E-state index contributed by atoms with van der Waals surface area (Å²) in [5.41, 5.74) is 1.79. The largest absolute Gasteiger partial charge is 0.464 e. The van der Waals surface area contributed by atoms with Gasteiger partial charge in [0.25, 0.3) is 5.91 Å². The standard InChI is InChI=1S/C18H16ClN5O3/c1-11-6-16(24(23-11)10-12-4-3-5-13(19)7-12)22-17(25)14-8-21-15(9-20-14)18(26)27-2/h3-9H,10H2,1-2H3,(H,22,25). The molecule has 138 valence electrons. The van der Waals surface area contributed by atoms with Crippen LogP contribution in [0.25, 0.3) is 0 Å². The number of carbonyl (C=O) groups excluding carboxylic acids is 2. The molecule has 0 saturated carbocycles. The average molecular weight is 386 g/mol. The molecule has 0 bridgehead atoms. The summed E-state index contributed by atoms with van der Waals surface area (Å²) >= 11 is 6.02. The van der Waals surface area contributed by atoms with Gasteiger partial charge in [-0.3, -0.25) is 4.79 Å². The van der Waals surface area contributed by atoms with Crippen LogP contribution < -0.4 is 5.32 Å². The fourth-order valence-electron chi connectivity index (χ4n) is 2.41. The Morgan fingerprint density at radius 3 is 2.59 bits per heavy atom. The van der Waals surface area contributed by atoms with Crippen molar-refractivity contribution >= 4 is 29.3 Å². The summed E-state index contributed by atoms with van der Waals surface area (Å²) in [7, 11) is 1.24. The fourth-order valence-corrected chi connectivity index (χ4v) is 2.62. The molecule has 0 aliphatic heterocycles. The van der Waals surface area contributed by atoms with Crippen molar-refractivity contribution in [1.82, 2.24) is 19.7 Å². The normalized spacial score (nSPS) is 10.5. The van der Waals surface area contributed by atoms with Crippen LogP contribution in [0, 0.1) is 6.92 Å². The Bertz CT molecular complexity index is 985. The summed E-state index contributed by atoms with van der Waals surface area (Å²) in [6.07, 6.45) is 2.40. The molecule has 2 aromatic heterocycles. The lowest BCUT2D eigenvalue weighted by atomic mass is 10.2. The van der Waals surface area contributed by atoms with Gasteiger partial charge in [-0.1, -0.05) is 23.7 Å². The maximum absolute atomic E-state index is 12.4. The van der Waals surface area contributed by atoms with Gasteiger partial charge < -0.3 is 10.1 Å². The Kier molecular flexibility index (Phi) is 5.46.